The summed E-state index contributed by atoms with van der Waals surface area (Å²) in [6.07, 6.45) is 1.99. The van der Waals surface area contributed by atoms with Gasteiger partial charge in [0.1, 0.15) is 0 Å². The third kappa shape index (κ3) is 4.45. The van der Waals surface area contributed by atoms with Gasteiger partial charge in [-0.15, -0.1) is 0 Å². The Kier molecular flexibility index (Phi) is 6.41. The molecule has 1 rings (SSSR count). The number of carbonyl (C=O) groups excluding carboxylic acids is 1. The number of halogens is 2. The number of nitro groups is 1. The molecule has 1 aliphatic rings. The first-order valence-corrected chi connectivity index (χ1v) is 6.65. The molecule has 2 atom stereocenters. The number of hydrogen-bond donors (Lipinski definition) is 3. The zero-order valence-corrected chi connectivity index (χ0v) is 11.8. The number of nitrogens with one attached hydrogen (secondary N) is 1. The first-order valence-electron chi connectivity index (χ1n) is 5.78. The van der Waals surface area contributed by atoms with Gasteiger partial charge in [0.25, 0.3) is 5.91 Å². The third-order valence-corrected chi connectivity index (χ3v) is 3.27. The fourth-order valence-corrected chi connectivity index (χ4v) is 1.90. The van der Waals surface area contributed by atoms with Gasteiger partial charge in [-0.05, 0) is 12.0 Å². The minimum absolute atomic E-state index is 0.0483. The highest BCUT2D eigenvalue weighted by atomic mass is 35.5. The number of aliphatic hydroxyl groups excluding tert-OH is 2. The van der Waals surface area contributed by atoms with Crippen LogP contribution < -0.4 is 5.32 Å². The van der Waals surface area contributed by atoms with Gasteiger partial charge in [0.05, 0.1) is 23.7 Å². The molecular formula is C11H14Cl2N2O5. The maximum absolute atomic E-state index is 11.3. The predicted octanol–water partition coefficient (Wildman–Crippen LogP) is 0.509. The van der Waals surface area contributed by atoms with Crippen molar-refractivity contribution in [2.45, 2.75) is 29.8 Å². The SMILES string of the molecule is O=C(N[C@@H](CO)[C@@H](O)C1=CC=C([N+](=O)[O-])CC1)C(Cl)Cl. The van der Waals surface area contributed by atoms with E-state index in [1.165, 1.54) is 12.2 Å². The van der Waals surface area contributed by atoms with Crippen LogP contribution in [0.1, 0.15) is 12.8 Å². The molecule has 0 aromatic heterocycles. The molecular weight excluding hydrogens is 311 g/mol. The van der Waals surface area contributed by atoms with Crippen LogP contribution in [0.4, 0.5) is 0 Å². The first-order chi connectivity index (χ1) is 9.36. The van der Waals surface area contributed by atoms with Crippen LogP contribution in [0.5, 0.6) is 0 Å². The maximum atomic E-state index is 11.3. The van der Waals surface area contributed by atoms with E-state index in [0.29, 0.717) is 5.57 Å². The van der Waals surface area contributed by atoms with E-state index in [4.69, 9.17) is 23.2 Å². The monoisotopic (exact) mass is 324 g/mol. The molecule has 0 fully saturated rings. The van der Waals surface area contributed by atoms with Crippen molar-refractivity contribution in [1.29, 1.82) is 0 Å². The third-order valence-electron chi connectivity index (χ3n) is 2.88. The maximum Gasteiger partial charge on any atom is 0.253 e. The second-order valence-electron chi connectivity index (χ2n) is 4.20. The van der Waals surface area contributed by atoms with Crippen LogP contribution in [0, 0.1) is 10.1 Å². The van der Waals surface area contributed by atoms with E-state index < -0.39 is 34.4 Å². The fraction of sp³-hybridized carbons (Fsp3) is 0.545. The van der Waals surface area contributed by atoms with E-state index in [9.17, 15) is 25.1 Å². The number of alkyl halides is 2. The van der Waals surface area contributed by atoms with E-state index >= 15 is 0 Å². The standard InChI is InChI=1S/C11H14Cl2N2O5/c12-10(13)11(18)14-8(5-16)9(17)6-1-3-7(4-2-6)15(19)20/h1,3,8-10,16-17H,2,4-5H2,(H,14,18)/t8-,9-/m0/s1. The van der Waals surface area contributed by atoms with Crippen LogP contribution in [0.3, 0.4) is 0 Å². The van der Waals surface area contributed by atoms with Crippen molar-refractivity contribution in [3.05, 3.63) is 33.5 Å². The molecule has 0 saturated heterocycles. The number of aliphatic hydroxyl groups is 2. The number of amides is 1. The van der Waals surface area contributed by atoms with Gasteiger partial charge in [-0.25, -0.2) is 0 Å². The lowest BCUT2D eigenvalue weighted by atomic mass is 9.94. The van der Waals surface area contributed by atoms with E-state index in [0.717, 1.165) is 0 Å². The summed E-state index contributed by atoms with van der Waals surface area (Å²) in [5.74, 6) is -0.732. The first kappa shape index (κ1) is 16.9. The summed E-state index contributed by atoms with van der Waals surface area (Å²) in [4.78, 5) is 20.1. The quantitative estimate of drug-likeness (QED) is 0.374. The molecule has 0 aromatic rings. The number of carbonyl (C=O) groups is 1. The van der Waals surface area contributed by atoms with Gasteiger partial charge in [0.15, 0.2) is 4.84 Å². The Bertz CT molecular complexity index is 450. The van der Waals surface area contributed by atoms with E-state index in [-0.39, 0.29) is 18.5 Å². The number of nitrogens with zero attached hydrogens (tertiary/aromatic N) is 1. The molecule has 0 unspecified atom stereocenters. The fourth-order valence-electron chi connectivity index (χ4n) is 1.77. The lowest BCUT2D eigenvalue weighted by Crippen LogP contribution is -2.48. The molecule has 9 heteroatoms. The van der Waals surface area contributed by atoms with Crippen LogP contribution in [0.25, 0.3) is 0 Å². The molecule has 0 aliphatic heterocycles. The summed E-state index contributed by atoms with van der Waals surface area (Å²) < 4.78 is 0. The number of allylic oxidation sites excluding steroid dienone is 3. The topological polar surface area (TPSA) is 113 Å². The van der Waals surface area contributed by atoms with Gasteiger partial charge in [-0.2, -0.15) is 0 Å². The van der Waals surface area contributed by atoms with E-state index in [1.54, 1.807) is 0 Å². The van der Waals surface area contributed by atoms with Crippen LogP contribution in [0.15, 0.2) is 23.4 Å². The molecule has 0 radical (unpaired) electrons. The van der Waals surface area contributed by atoms with Crippen molar-refractivity contribution in [3.63, 3.8) is 0 Å². The molecule has 112 valence electrons. The van der Waals surface area contributed by atoms with E-state index in [1.807, 2.05) is 0 Å². The average Bonchev–Trinajstić information content (AvgIpc) is 2.43. The zero-order chi connectivity index (χ0) is 15.3. The number of hydrogen-bond acceptors (Lipinski definition) is 5. The smallest absolute Gasteiger partial charge is 0.253 e. The lowest BCUT2D eigenvalue weighted by molar-refractivity contribution is -0.428. The van der Waals surface area contributed by atoms with Gasteiger partial charge < -0.3 is 15.5 Å². The molecule has 3 N–H and O–H groups in total. The van der Waals surface area contributed by atoms with Crippen molar-refractivity contribution in [2.24, 2.45) is 0 Å². The largest absolute Gasteiger partial charge is 0.394 e. The second kappa shape index (κ2) is 7.58. The van der Waals surface area contributed by atoms with Crippen molar-refractivity contribution in [2.75, 3.05) is 6.61 Å². The minimum atomic E-state index is -1.31. The molecule has 1 amide bonds. The molecule has 0 saturated carbocycles. The Morgan fingerprint density at radius 1 is 1.45 bits per heavy atom. The average molecular weight is 325 g/mol. The summed E-state index contributed by atoms with van der Waals surface area (Å²) in [6.45, 7) is -0.517. The molecule has 1 aliphatic carbocycles. The summed E-state index contributed by atoms with van der Waals surface area (Å²) in [6, 6.07) is -0.973. The van der Waals surface area contributed by atoms with Crippen LogP contribution in [0.2, 0.25) is 0 Å². The molecule has 0 aromatic carbocycles. The lowest BCUT2D eigenvalue weighted by Gasteiger charge is -2.25. The normalized spacial score (nSPS) is 18.1. The van der Waals surface area contributed by atoms with E-state index in [2.05, 4.69) is 5.32 Å². The molecule has 20 heavy (non-hydrogen) atoms. The van der Waals surface area contributed by atoms with Gasteiger partial charge in [-0.1, -0.05) is 29.3 Å². The van der Waals surface area contributed by atoms with Crippen molar-refractivity contribution in [1.82, 2.24) is 5.32 Å². The van der Waals surface area contributed by atoms with Gasteiger partial charge in [0.2, 0.25) is 5.70 Å². The Hall–Kier alpha value is -1.15. The summed E-state index contributed by atoms with van der Waals surface area (Å²) in [7, 11) is 0. The summed E-state index contributed by atoms with van der Waals surface area (Å²) in [5.41, 5.74) is 0.530. The molecule has 0 spiro atoms. The predicted molar refractivity (Wildman–Crippen MR) is 72.9 cm³/mol. The Balaban J connectivity index is 2.75. The highest BCUT2D eigenvalue weighted by Crippen LogP contribution is 2.22. The van der Waals surface area contributed by atoms with Crippen LogP contribution in [-0.2, 0) is 4.79 Å². The van der Waals surface area contributed by atoms with Gasteiger partial charge in [-0.3, -0.25) is 14.9 Å². The zero-order valence-electron chi connectivity index (χ0n) is 10.3. The highest BCUT2D eigenvalue weighted by molar-refractivity contribution is 6.53. The number of rotatable bonds is 6. The molecule has 0 bridgehead atoms. The van der Waals surface area contributed by atoms with Crippen LogP contribution >= 0.6 is 23.2 Å². The second-order valence-corrected chi connectivity index (χ2v) is 5.30. The Morgan fingerprint density at radius 3 is 2.50 bits per heavy atom. The van der Waals surface area contributed by atoms with Crippen molar-refractivity contribution >= 4 is 29.1 Å². The summed E-state index contributed by atoms with van der Waals surface area (Å²) in [5, 5.41) is 32.1. The van der Waals surface area contributed by atoms with Crippen molar-refractivity contribution in [3.8, 4) is 0 Å². The Labute approximate surface area is 125 Å². The summed E-state index contributed by atoms with van der Waals surface area (Å²) >= 11 is 10.7. The highest BCUT2D eigenvalue weighted by Gasteiger charge is 2.28. The minimum Gasteiger partial charge on any atom is -0.394 e. The van der Waals surface area contributed by atoms with Gasteiger partial charge >= 0.3 is 0 Å². The Morgan fingerprint density at radius 2 is 2.10 bits per heavy atom. The molecule has 7 nitrogen and oxygen atoms in total. The molecule has 0 heterocycles. The van der Waals surface area contributed by atoms with Crippen molar-refractivity contribution < 1.29 is 19.9 Å². The van der Waals surface area contributed by atoms with Crippen LogP contribution in [-0.4, -0.2) is 44.6 Å². The van der Waals surface area contributed by atoms with Gasteiger partial charge in [0, 0.05) is 12.5 Å².